The summed E-state index contributed by atoms with van der Waals surface area (Å²) < 4.78 is 23.8. The lowest BCUT2D eigenvalue weighted by atomic mass is 10.1. The van der Waals surface area contributed by atoms with Crippen molar-refractivity contribution in [1.29, 1.82) is 0 Å². The Labute approximate surface area is 309 Å². The highest BCUT2D eigenvalue weighted by Gasteiger charge is 2.20. The average Bonchev–Trinajstić information content (AvgIpc) is 3.14. The highest BCUT2D eigenvalue weighted by atomic mass is 16.5. The minimum Gasteiger partial charge on any atom is -0.493 e. The molecule has 2 atom stereocenters. The molecule has 51 heavy (non-hydrogen) atoms. The van der Waals surface area contributed by atoms with Crippen LogP contribution in [0, 0.1) is 5.92 Å². The Balaban J connectivity index is 0. The molecule has 5 N–H and O–H groups in total. The maximum absolute atomic E-state index is 6.38. The highest BCUT2D eigenvalue weighted by molar-refractivity contribution is 5.62. The van der Waals surface area contributed by atoms with Gasteiger partial charge in [-0.25, -0.2) is 9.97 Å². The van der Waals surface area contributed by atoms with Gasteiger partial charge in [0.25, 0.3) is 0 Å². The van der Waals surface area contributed by atoms with Gasteiger partial charge in [0.15, 0.2) is 23.0 Å². The quantitative estimate of drug-likeness (QED) is 0.0665. The summed E-state index contributed by atoms with van der Waals surface area (Å²) in [4.78, 5) is 20.8. The molecule has 5 rings (SSSR count). The molecular weight excluding hydrogens is 648 g/mol. The number of hydrogen-bond acceptors (Lipinski definition) is 14. The van der Waals surface area contributed by atoms with E-state index < -0.39 is 0 Å². The Kier molecular flexibility index (Phi) is 15.1. The number of ether oxygens (including phenoxy) is 4. The van der Waals surface area contributed by atoms with Crippen LogP contribution < -0.4 is 45.5 Å². The fourth-order valence-corrected chi connectivity index (χ4v) is 5.39. The van der Waals surface area contributed by atoms with Crippen LogP contribution in [-0.2, 0) is 0 Å². The first-order chi connectivity index (χ1) is 24.9. The molecule has 0 bridgehead atoms. The summed E-state index contributed by atoms with van der Waals surface area (Å²) >= 11 is 0. The van der Waals surface area contributed by atoms with E-state index in [1.54, 1.807) is 26.5 Å². The van der Waals surface area contributed by atoms with Crippen LogP contribution in [0.2, 0.25) is 0 Å². The van der Waals surface area contributed by atoms with Gasteiger partial charge >= 0.3 is 0 Å². The van der Waals surface area contributed by atoms with Crippen molar-refractivity contribution in [3.63, 3.8) is 0 Å². The molecule has 3 heterocycles. The van der Waals surface area contributed by atoms with E-state index in [-0.39, 0.29) is 13.1 Å². The number of nitrogens with one attached hydrogen (secondary N) is 5. The Morgan fingerprint density at radius 3 is 1.92 bits per heavy atom. The first-order valence-corrected chi connectivity index (χ1v) is 17.5. The molecule has 0 amide bonds. The molecule has 14 nitrogen and oxygen atoms in total. The van der Waals surface area contributed by atoms with Crippen molar-refractivity contribution < 1.29 is 26.1 Å². The molecule has 0 radical (unpaired) electrons. The van der Waals surface area contributed by atoms with Crippen molar-refractivity contribution in [2.75, 3.05) is 96.0 Å². The third-order valence-corrected chi connectivity index (χ3v) is 8.10. The molecule has 1 saturated heterocycles. The summed E-state index contributed by atoms with van der Waals surface area (Å²) in [5.41, 5.74) is 2.34. The van der Waals surface area contributed by atoms with Crippen LogP contribution in [0.5, 0.6) is 23.0 Å². The molecule has 2 aromatic carbocycles. The topological polar surface area (TPSA) is 152 Å². The van der Waals surface area contributed by atoms with E-state index in [1.807, 2.05) is 77.5 Å². The van der Waals surface area contributed by atoms with Gasteiger partial charge in [-0.3, -0.25) is 0 Å². The maximum Gasteiger partial charge on any atom is 0.229 e. The minimum absolute atomic E-state index is 0. The standard InChI is InChI=1S/C35H48N10O4.C2H6.5H2/c1-23(20-45-14-7-15-45)21-48-30-17-26(9-11-28(30)46-5)41-35-42-27(18-33(38-4)44-35)24(19-36-2)22-49-31-16-25(8-10-29(31)47-6)40-34-39-13-12-32(37-3)43-34;1-2;;;;;/h8-13,16-18,23-24,36H,7,14-15,19-22H2,1-6H3,(H2,37,39,40,43)(H2,38,41,42,44);1-2H3;5*1H/t23-,24+;;;;;;/m1....../s1. The van der Waals surface area contributed by atoms with E-state index in [2.05, 4.69) is 53.4 Å². The zero-order valence-electron chi connectivity index (χ0n) is 31.2. The summed E-state index contributed by atoms with van der Waals surface area (Å²) in [5, 5.41) is 16.1. The molecule has 2 aromatic heterocycles. The van der Waals surface area contributed by atoms with Crippen molar-refractivity contribution in [3.8, 4) is 23.0 Å². The van der Waals surface area contributed by atoms with E-state index in [9.17, 15) is 0 Å². The van der Waals surface area contributed by atoms with Gasteiger partial charge in [-0.15, -0.1) is 0 Å². The second-order valence-electron chi connectivity index (χ2n) is 11.9. The van der Waals surface area contributed by atoms with Gasteiger partial charge in [0.2, 0.25) is 11.9 Å². The van der Waals surface area contributed by atoms with Crippen LogP contribution in [0.1, 0.15) is 45.9 Å². The van der Waals surface area contributed by atoms with E-state index >= 15 is 0 Å². The number of likely N-dealkylation sites (tertiary alicyclic amines) is 1. The lowest BCUT2D eigenvalue weighted by Crippen LogP contribution is -2.41. The van der Waals surface area contributed by atoms with Gasteiger partial charge in [-0.1, -0.05) is 20.8 Å². The van der Waals surface area contributed by atoms with Crippen molar-refractivity contribution in [1.82, 2.24) is 30.2 Å². The van der Waals surface area contributed by atoms with Crippen molar-refractivity contribution in [3.05, 3.63) is 60.4 Å². The number of aromatic nitrogens is 4. The zero-order valence-corrected chi connectivity index (χ0v) is 31.2. The van der Waals surface area contributed by atoms with Crippen LogP contribution in [0.25, 0.3) is 0 Å². The van der Waals surface area contributed by atoms with Gasteiger partial charge in [0, 0.05) is 81.9 Å². The molecular formula is C37H64N10O4. The van der Waals surface area contributed by atoms with Crippen molar-refractivity contribution >= 4 is 34.9 Å². The SMILES string of the molecule is CC.CNC[C@@H](COc1cc(Nc2nccc(NC)n2)ccc1OC)c1cc(NC)nc(Nc2ccc(OC)c(OC[C@H](C)CN3CCC3)c2)n1.[HH].[HH].[HH].[HH].[HH]. The molecule has 0 unspecified atom stereocenters. The molecule has 1 aliphatic rings. The Morgan fingerprint density at radius 2 is 1.35 bits per heavy atom. The predicted octanol–water partition coefficient (Wildman–Crippen LogP) is 7.21. The third kappa shape index (κ3) is 11.2. The molecule has 4 aromatic rings. The monoisotopic (exact) mass is 713 g/mol. The van der Waals surface area contributed by atoms with Crippen LogP contribution in [0.15, 0.2) is 54.7 Å². The van der Waals surface area contributed by atoms with E-state index in [0.29, 0.717) is 72.2 Å². The number of rotatable bonds is 19. The van der Waals surface area contributed by atoms with E-state index in [4.69, 9.17) is 23.9 Å². The van der Waals surface area contributed by atoms with Crippen LogP contribution >= 0.6 is 0 Å². The minimum atomic E-state index is -0.125. The number of methoxy groups -OCH3 is 2. The number of nitrogens with zero attached hydrogens (tertiary/aromatic N) is 5. The Hall–Kier alpha value is -5.08. The van der Waals surface area contributed by atoms with Crippen LogP contribution in [0.4, 0.5) is 34.9 Å². The first kappa shape index (κ1) is 38.7. The third-order valence-electron chi connectivity index (χ3n) is 8.10. The average molecular weight is 713 g/mol. The number of benzene rings is 2. The van der Waals surface area contributed by atoms with Crippen LogP contribution in [-0.4, -0.2) is 99.6 Å². The molecule has 0 saturated carbocycles. The van der Waals surface area contributed by atoms with E-state index in [0.717, 1.165) is 23.6 Å². The fourth-order valence-electron chi connectivity index (χ4n) is 5.39. The summed E-state index contributed by atoms with van der Waals surface area (Å²) in [6, 6.07) is 15.1. The van der Waals surface area contributed by atoms with Gasteiger partial charge in [-0.05, 0) is 56.9 Å². The van der Waals surface area contributed by atoms with Crippen molar-refractivity contribution in [2.24, 2.45) is 5.92 Å². The maximum atomic E-state index is 6.38. The van der Waals surface area contributed by atoms with E-state index in [1.165, 1.54) is 19.5 Å². The fraction of sp³-hybridized carbons (Fsp3) is 0.459. The normalized spacial score (nSPS) is 13.4. The summed E-state index contributed by atoms with van der Waals surface area (Å²) in [6.45, 7) is 11.1. The van der Waals surface area contributed by atoms with Gasteiger partial charge < -0.3 is 50.4 Å². The molecule has 0 aliphatic carbocycles. The largest absolute Gasteiger partial charge is 0.493 e. The summed E-state index contributed by atoms with van der Waals surface area (Å²) in [6.07, 6.45) is 2.97. The lowest BCUT2D eigenvalue weighted by Gasteiger charge is -2.33. The molecule has 1 aliphatic heterocycles. The lowest BCUT2D eigenvalue weighted by molar-refractivity contribution is 0.131. The molecule has 14 heteroatoms. The first-order valence-electron chi connectivity index (χ1n) is 17.5. The number of anilines is 6. The Bertz CT molecular complexity index is 1680. The van der Waals surface area contributed by atoms with Crippen molar-refractivity contribution in [2.45, 2.75) is 33.1 Å². The second kappa shape index (κ2) is 19.9. The number of hydrogen-bond donors (Lipinski definition) is 5. The molecule has 1 fully saturated rings. The summed E-state index contributed by atoms with van der Waals surface area (Å²) in [5.74, 6) is 5.08. The highest BCUT2D eigenvalue weighted by Crippen LogP contribution is 2.34. The predicted molar refractivity (Wildman–Crippen MR) is 216 cm³/mol. The summed E-state index contributed by atoms with van der Waals surface area (Å²) in [7, 11) is 8.81. The smallest absolute Gasteiger partial charge is 0.229 e. The Morgan fingerprint density at radius 1 is 0.745 bits per heavy atom. The van der Waals surface area contributed by atoms with Gasteiger partial charge in [0.05, 0.1) is 33.1 Å². The number of likely N-dealkylation sites (N-methyl/N-ethyl adjacent to an activating group) is 1. The second-order valence-corrected chi connectivity index (χ2v) is 11.9. The molecule has 286 valence electrons. The molecule has 0 spiro atoms. The van der Waals surface area contributed by atoms with Crippen LogP contribution in [0.3, 0.4) is 0 Å². The van der Waals surface area contributed by atoms with Gasteiger partial charge in [0.1, 0.15) is 11.6 Å². The zero-order chi connectivity index (χ0) is 36.6. The van der Waals surface area contributed by atoms with Gasteiger partial charge in [-0.2, -0.15) is 9.97 Å².